The number of nitrogens with zero attached hydrogens (tertiary/aromatic N) is 1. The van der Waals surface area contributed by atoms with Crippen LogP contribution >= 0.6 is 23.2 Å². The van der Waals surface area contributed by atoms with Crippen molar-refractivity contribution in [1.82, 2.24) is 4.98 Å². The van der Waals surface area contributed by atoms with Crippen LogP contribution in [0.25, 0.3) is 0 Å². The first-order chi connectivity index (χ1) is 8.97. The van der Waals surface area contributed by atoms with Crippen LogP contribution < -0.4 is 11.1 Å². The van der Waals surface area contributed by atoms with E-state index in [1.807, 2.05) is 13.0 Å². The number of carbonyl (C=O) groups excluding carboxylic acids is 1. The fourth-order valence-corrected chi connectivity index (χ4v) is 2.03. The van der Waals surface area contributed by atoms with Gasteiger partial charge >= 0.3 is 0 Å². The number of benzene rings is 1. The monoisotopic (exact) mass is 295 g/mol. The van der Waals surface area contributed by atoms with Crippen LogP contribution in [0.2, 0.25) is 10.0 Å². The van der Waals surface area contributed by atoms with Crippen LogP contribution in [-0.2, 0) is 0 Å². The molecule has 0 radical (unpaired) electrons. The Hall–Kier alpha value is -1.78. The summed E-state index contributed by atoms with van der Waals surface area (Å²) in [6.07, 6.45) is 3.26. The number of aryl methyl sites for hydroxylation is 1. The van der Waals surface area contributed by atoms with Crippen LogP contribution in [0.15, 0.2) is 30.6 Å². The number of halogens is 2. The molecule has 0 fully saturated rings. The highest BCUT2D eigenvalue weighted by molar-refractivity contribution is 6.39. The van der Waals surface area contributed by atoms with Gasteiger partial charge in [0.25, 0.3) is 5.91 Å². The van der Waals surface area contributed by atoms with Crippen molar-refractivity contribution in [1.29, 1.82) is 0 Å². The summed E-state index contributed by atoms with van der Waals surface area (Å²) < 4.78 is 0. The average molecular weight is 296 g/mol. The van der Waals surface area contributed by atoms with E-state index in [4.69, 9.17) is 28.9 Å². The number of hydrogen-bond acceptors (Lipinski definition) is 3. The van der Waals surface area contributed by atoms with E-state index in [2.05, 4.69) is 10.3 Å². The molecule has 4 nitrogen and oxygen atoms in total. The normalized spacial score (nSPS) is 10.3. The molecule has 0 aliphatic rings. The summed E-state index contributed by atoms with van der Waals surface area (Å²) >= 11 is 11.8. The summed E-state index contributed by atoms with van der Waals surface area (Å²) in [5, 5.41) is 3.21. The van der Waals surface area contributed by atoms with Crippen LogP contribution in [0.1, 0.15) is 15.9 Å². The Morgan fingerprint density at radius 3 is 2.42 bits per heavy atom. The van der Waals surface area contributed by atoms with Gasteiger partial charge in [-0.05, 0) is 30.7 Å². The number of hydrogen-bond donors (Lipinski definition) is 2. The lowest BCUT2D eigenvalue weighted by atomic mass is 10.2. The number of nitrogens with two attached hydrogens (primary N) is 1. The van der Waals surface area contributed by atoms with E-state index >= 15 is 0 Å². The second-order valence-corrected chi connectivity index (χ2v) is 4.87. The van der Waals surface area contributed by atoms with Gasteiger partial charge in [0.1, 0.15) is 0 Å². The molecule has 1 aromatic carbocycles. The quantitative estimate of drug-likeness (QED) is 0.833. The van der Waals surface area contributed by atoms with Crippen LogP contribution in [0.5, 0.6) is 0 Å². The Bertz CT molecular complexity index is 621. The molecule has 1 heterocycles. The van der Waals surface area contributed by atoms with Crippen molar-refractivity contribution in [3.8, 4) is 0 Å². The van der Waals surface area contributed by atoms with Crippen molar-refractivity contribution in [3.05, 3.63) is 51.8 Å². The van der Waals surface area contributed by atoms with Gasteiger partial charge in [0, 0.05) is 11.8 Å². The van der Waals surface area contributed by atoms with Gasteiger partial charge in [0.2, 0.25) is 0 Å². The molecular formula is C13H11Cl2N3O. The molecule has 1 aromatic heterocycles. The van der Waals surface area contributed by atoms with Gasteiger partial charge in [-0.1, -0.05) is 23.2 Å². The minimum absolute atomic E-state index is 0.250. The van der Waals surface area contributed by atoms with Gasteiger partial charge in [-0.2, -0.15) is 0 Å². The first-order valence-electron chi connectivity index (χ1n) is 5.45. The van der Waals surface area contributed by atoms with Crippen molar-refractivity contribution in [2.75, 3.05) is 11.1 Å². The van der Waals surface area contributed by atoms with Crippen molar-refractivity contribution in [3.63, 3.8) is 0 Å². The zero-order valence-electron chi connectivity index (χ0n) is 10.1. The van der Waals surface area contributed by atoms with Gasteiger partial charge in [-0.3, -0.25) is 9.78 Å². The summed E-state index contributed by atoms with van der Waals surface area (Å²) in [5.74, 6) is -0.323. The molecule has 0 saturated carbocycles. The third kappa shape index (κ3) is 3.16. The molecule has 0 bridgehead atoms. The average Bonchev–Trinajstić information content (AvgIpc) is 2.35. The Kier molecular flexibility index (Phi) is 3.93. The maximum absolute atomic E-state index is 12.0. The molecule has 1 amide bonds. The number of pyridine rings is 1. The SMILES string of the molecule is Cc1cncc(NC(=O)c2cc(Cl)c(N)c(Cl)c2)c1. The fourth-order valence-electron chi connectivity index (χ4n) is 1.54. The smallest absolute Gasteiger partial charge is 0.255 e. The topological polar surface area (TPSA) is 68.0 Å². The molecule has 19 heavy (non-hydrogen) atoms. The summed E-state index contributed by atoms with van der Waals surface area (Å²) in [7, 11) is 0. The maximum atomic E-state index is 12.0. The molecule has 0 aliphatic carbocycles. The van der Waals surface area contributed by atoms with Crippen molar-refractivity contribution >= 4 is 40.5 Å². The number of aromatic nitrogens is 1. The highest BCUT2D eigenvalue weighted by atomic mass is 35.5. The predicted octanol–water partition coefficient (Wildman–Crippen LogP) is 3.53. The molecule has 0 spiro atoms. The zero-order valence-corrected chi connectivity index (χ0v) is 11.6. The molecule has 2 rings (SSSR count). The maximum Gasteiger partial charge on any atom is 0.255 e. The zero-order chi connectivity index (χ0) is 14.0. The van der Waals surface area contributed by atoms with Crippen LogP contribution in [0, 0.1) is 6.92 Å². The first kappa shape index (κ1) is 13.6. The lowest BCUT2D eigenvalue weighted by Crippen LogP contribution is -2.12. The molecule has 3 N–H and O–H groups in total. The van der Waals surface area contributed by atoms with Crippen molar-refractivity contribution < 1.29 is 4.79 Å². The lowest BCUT2D eigenvalue weighted by molar-refractivity contribution is 0.102. The van der Waals surface area contributed by atoms with Crippen LogP contribution in [0.3, 0.4) is 0 Å². The highest BCUT2D eigenvalue weighted by Gasteiger charge is 2.11. The number of carbonyl (C=O) groups is 1. The number of nitrogen functional groups attached to an aromatic ring is 1. The molecule has 0 atom stereocenters. The van der Waals surface area contributed by atoms with Gasteiger partial charge in [0.05, 0.1) is 27.6 Å². The third-order valence-electron chi connectivity index (χ3n) is 2.47. The first-order valence-corrected chi connectivity index (χ1v) is 6.20. The van der Waals surface area contributed by atoms with Gasteiger partial charge in [-0.25, -0.2) is 0 Å². The third-order valence-corrected chi connectivity index (χ3v) is 3.10. The van der Waals surface area contributed by atoms with E-state index in [1.54, 1.807) is 12.4 Å². The molecular weight excluding hydrogens is 285 g/mol. The Balaban J connectivity index is 2.25. The number of anilines is 2. The van der Waals surface area contributed by atoms with E-state index in [0.29, 0.717) is 11.3 Å². The summed E-state index contributed by atoms with van der Waals surface area (Å²) in [5.41, 5.74) is 7.77. The molecule has 0 aliphatic heterocycles. The Morgan fingerprint density at radius 2 is 1.84 bits per heavy atom. The highest BCUT2D eigenvalue weighted by Crippen LogP contribution is 2.29. The van der Waals surface area contributed by atoms with E-state index in [-0.39, 0.29) is 21.6 Å². The molecule has 6 heteroatoms. The van der Waals surface area contributed by atoms with Gasteiger partial charge in [0.15, 0.2) is 0 Å². The second kappa shape index (κ2) is 5.47. The molecule has 98 valence electrons. The van der Waals surface area contributed by atoms with Crippen LogP contribution in [0.4, 0.5) is 11.4 Å². The Labute approximate surface area is 120 Å². The summed E-state index contributed by atoms with van der Waals surface area (Å²) in [6, 6.07) is 4.76. The number of amides is 1. The molecule has 2 aromatic rings. The molecule has 0 unspecified atom stereocenters. The van der Waals surface area contributed by atoms with E-state index in [1.165, 1.54) is 12.1 Å². The van der Waals surface area contributed by atoms with Crippen LogP contribution in [-0.4, -0.2) is 10.9 Å². The van der Waals surface area contributed by atoms with Gasteiger partial charge < -0.3 is 11.1 Å². The summed E-state index contributed by atoms with van der Waals surface area (Å²) in [4.78, 5) is 16.0. The molecule has 0 saturated heterocycles. The second-order valence-electron chi connectivity index (χ2n) is 4.06. The standard InChI is InChI=1S/C13H11Cl2N3O/c1-7-2-9(6-17-5-7)18-13(19)8-3-10(14)12(16)11(15)4-8/h2-6H,16H2,1H3,(H,18,19). The number of nitrogens with one attached hydrogen (secondary N) is 1. The number of rotatable bonds is 2. The van der Waals surface area contributed by atoms with Crippen molar-refractivity contribution in [2.45, 2.75) is 6.92 Å². The minimum atomic E-state index is -0.323. The Morgan fingerprint density at radius 1 is 1.21 bits per heavy atom. The van der Waals surface area contributed by atoms with Gasteiger partial charge in [-0.15, -0.1) is 0 Å². The predicted molar refractivity (Wildman–Crippen MR) is 77.8 cm³/mol. The van der Waals surface area contributed by atoms with E-state index in [0.717, 1.165) is 5.56 Å². The van der Waals surface area contributed by atoms with E-state index < -0.39 is 0 Å². The van der Waals surface area contributed by atoms with Crippen molar-refractivity contribution in [2.24, 2.45) is 0 Å². The van der Waals surface area contributed by atoms with E-state index in [9.17, 15) is 4.79 Å². The largest absolute Gasteiger partial charge is 0.396 e. The minimum Gasteiger partial charge on any atom is -0.396 e. The lowest BCUT2D eigenvalue weighted by Gasteiger charge is -2.08. The fraction of sp³-hybridized carbons (Fsp3) is 0.0769. The summed E-state index contributed by atoms with van der Waals surface area (Å²) in [6.45, 7) is 1.89.